The highest BCUT2D eigenvalue weighted by molar-refractivity contribution is 5.91. The van der Waals surface area contributed by atoms with Crippen LogP contribution < -0.4 is 16.4 Å². The summed E-state index contributed by atoms with van der Waals surface area (Å²) >= 11 is 0. The first-order chi connectivity index (χ1) is 7.91. The summed E-state index contributed by atoms with van der Waals surface area (Å²) in [6.07, 6.45) is 1.66. The summed E-state index contributed by atoms with van der Waals surface area (Å²) in [6, 6.07) is -0.495. The highest BCUT2D eigenvalue weighted by Crippen LogP contribution is 2.44. The van der Waals surface area contributed by atoms with Crippen molar-refractivity contribution in [2.45, 2.75) is 39.7 Å². The third-order valence-electron chi connectivity index (χ3n) is 3.15. The van der Waals surface area contributed by atoms with Crippen molar-refractivity contribution in [3.8, 4) is 0 Å². The molecule has 1 aliphatic rings. The number of carbonyl (C=O) groups is 2. The highest BCUT2D eigenvalue weighted by atomic mass is 16.2. The summed E-state index contributed by atoms with van der Waals surface area (Å²) < 4.78 is 0. The topological polar surface area (TPSA) is 84.2 Å². The van der Waals surface area contributed by atoms with Crippen molar-refractivity contribution in [2.24, 2.45) is 17.1 Å². The maximum absolute atomic E-state index is 11.8. The van der Waals surface area contributed by atoms with Gasteiger partial charge in [0.25, 0.3) is 0 Å². The van der Waals surface area contributed by atoms with E-state index >= 15 is 0 Å². The Morgan fingerprint density at radius 3 is 2.29 bits per heavy atom. The molecule has 1 rings (SSSR count). The van der Waals surface area contributed by atoms with Gasteiger partial charge in [0.05, 0.1) is 5.41 Å². The molecule has 4 N–H and O–H groups in total. The summed E-state index contributed by atoms with van der Waals surface area (Å²) in [5.41, 5.74) is 5.16. The van der Waals surface area contributed by atoms with Crippen LogP contribution in [0.3, 0.4) is 0 Å². The first kappa shape index (κ1) is 14.0. The van der Waals surface area contributed by atoms with Crippen molar-refractivity contribution < 1.29 is 9.59 Å². The average Bonchev–Trinajstić information content (AvgIpc) is 3.06. The monoisotopic (exact) mass is 241 g/mol. The number of carbonyl (C=O) groups excluding carboxylic acids is 2. The Balaban J connectivity index is 2.36. The van der Waals surface area contributed by atoms with Gasteiger partial charge in [-0.15, -0.1) is 0 Å². The fourth-order valence-corrected chi connectivity index (χ4v) is 1.55. The SMILES string of the molecule is CC(C)CNC(=O)C(C)NC(=O)C1(CN)CC1. The van der Waals surface area contributed by atoms with Crippen molar-refractivity contribution in [3.05, 3.63) is 0 Å². The predicted octanol–water partition coefficient (Wildman–Crippen LogP) is 0.00220. The number of hydrogen-bond acceptors (Lipinski definition) is 3. The largest absolute Gasteiger partial charge is 0.354 e. The van der Waals surface area contributed by atoms with E-state index in [9.17, 15) is 9.59 Å². The molecule has 1 aliphatic carbocycles. The molecule has 0 saturated heterocycles. The number of amides is 2. The summed E-state index contributed by atoms with van der Waals surface area (Å²) in [5.74, 6) is 0.174. The summed E-state index contributed by atoms with van der Waals surface area (Å²) in [6.45, 7) is 6.73. The average molecular weight is 241 g/mol. The van der Waals surface area contributed by atoms with Gasteiger partial charge in [-0.05, 0) is 25.7 Å². The third kappa shape index (κ3) is 3.70. The molecule has 0 aromatic heterocycles. The van der Waals surface area contributed by atoms with Crippen LogP contribution >= 0.6 is 0 Å². The molecule has 0 aromatic rings. The van der Waals surface area contributed by atoms with E-state index in [1.54, 1.807) is 6.92 Å². The van der Waals surface area contributed by atoms with E-state index in [4.69, 9.17) is 5.73 Å². The van der Waals surface area contributed by atoms with Gasteiger partial charge in [-0.1, -0.05) is 13.8 Å². The van der Waals surface area contributed by atoms with Crippen LogP contribution in [-0.4, -0.2) is 30.9 Å². The molecule has 1 unspecified atom stereocenters. The van der Waals surface area contributed by atoms with Crippen molar-refractivity contribution in [3.63, 3.8) is 0 Å². The molecule has 0 aliphatic heterocycles. The van der Waals surface area contributed by atoms with Gasteiger partial charge in [-0.25, -0.2) is 0 Å². The fraction of sp³-hybridized carbons (Fsp3) is 0.833. The first-order valence-corrected chi connectivity index (χ1v) is 6.20. The van der Waals surface area contributed by atoms with Gasteiger partial charge in [0.1, 0.15) is 6.04 Å². The molecule has 1 fully saturated rings. The molecular weight excluding hydrogens is 218 g/mol. The van der Waals surface area contributed by atoms with Crippen LogP contribution in [0, 0.1) is 11.3 Å². The zero-order valence-corrected chi connectivity index (χ0v) is 10.9. The van der Waals surface area contributed by atoms with Crippen LogP contribution in [0.2, 0.25) is 0 Å². The quantitative estimate of drug-likeness (QED) is 0.612. The van der Waals surface area contributed by atoms with Gasteiger partial charge in [0.2, 0.25) is 11.8 Å². The minimum atomic E-state index is -0.495. The van der Waals surface area contributed by atoms with Crippen molar-refractivity contribution >= 4 is 11.8 Å². The van der Waals surface area contributed by atoms with Crippen molar-refractivity contribution in [1.29, 1.82) is 0 Å². The maximum atomic E-state index is 11.8. The van der Waals surface area contributed by atoms with E-state index in [0.717, 1.165) is 12.8 Å². The van der Waals surface area contributed by atoms with E-state index in [0.29, 0.717) is 19.0 Å². The Bertz CT molecular complexity index is 298. The zero-order valence-electron chi connectivity index (χ0n) is 10.9. The predicted molar refractivity (Wildman–Crippen MR) is 66.2 cm³/mol. The second kappa shape index (κ2) is 5.49. The van der Waals surface area contributed by atoms with Gasteiger partial charge >= 0.3 is 0 Å². The lowest BCUT2D eigenvalue weighted by atomic mass is 10.1. The van der Waals surface area contributed by atoms with Gasteiger partial charge in [0, 0.05) is 13.1 Å². The van der Waals surface area contributed by atoms with E-state index < -0.39 is 11.5 Å². The van der Waals surface area contributed by atoms with Crippen molar-refractivity contribution in [1.82, 2.24) is 10.6 Å². The third-order valence-corrected chi connectivity index (χ3v) is 3.15. The van der Waals surface area contributed by atoms with Crippen LogP contribution in [0.4, 0.5) is 0 Å². The number of nitrogens with one attached hydrogen (secondary N) is 2. The van der Waals surface area contributed by atoms with Gasteiger partial charge in [-0.3, -0.25) is 9.59 Å². The molecule has 17 heavy (non-hydrogen) atoms. The number of rotatable bonds is 6. The standard InChI is InChI=1S/C12H23N3O2/c1-8(2)6-14-10(16)9(3)15-11(17)12(7-13)4-5-12/h8-9H,4-7,13H2,1-3H3,(H,14,16)(H,15,17). The Hall–Kier alpha value is -1.10. The Kier molecular flexibility index (Phi) is 4.51. The van der Waals surface area contributed by atoms with Gasteiger partial charge in [0.15, 0.2) is 0 Å². The Morgan fingerprint density at radius 2 is 1.88 bits per heavy atom. The van der Waals surface area contributed by atoms with Gasteiger partial charge in [-0.2, -0.15) is 0 Å². The second-order valence-electron chi connectivity index (χ2n) is 5.32. The van der Waals surface area contributed by atoms with Crippen LogP contribution in [0.5, 0.6) is 0 Å². The summed E-state index contributed by atoms with van der Waals surface area (Å²) in [4.78, 5) is 23.5. The summed E-state index contributed by atoms with van der Waals surface area (Å²) in [7, 11) is 0. The molecule has 5 heteroatoms. The lowest BCUT2D eigenvalue weighted by Gasteiger charge is -2.18. The lowest BCUT2D eigenvalue weighted by molar-refractivity contribution is -0.131. The molecule has 0 heterocycles. The molecule has 0 aromatic carbocycles. The lowest BCUT2D eigenvalue weighted by Crippen LogP contribution is -2.49. The van der Waals surface area contributed by atoms with E-state index in [-0.39, 0.29) is 11.8 Å². The molecule has 5 nitrogen and oxygen atoms in total. The first-order valence-electron chi connectivity index (χ1n) is 6.20. The van der Waals surface area contributed by atoms with Crippen LogP contribution in [0.1, 0.15) is 33.6 Å². The number of nitrogens with two attached hydrogens (primary N) is 1. The second-order valence-corrected chi connectivity index (χ2v) is 5.32. The number of hydrogen-bond donors (Lipinski definition) is 3. The molecule has 0 spiro atoms. The highest BCUT2D eigenvalue weighted by Gasteiger charge is 2.48. The van der Waals surface area contributed by atoms with E-state index in [1.165, 1.54) is 0 Å². The molecule has 1 saturated carbocycles. The minimum Gasteiger partial charge on any atom is -0.354 e. The normalized spacial score (nSPS) is 18.6. The zero-order chi connectivity index (χ0) is 13.1. The molecule has 98 valence electrons. The smallest absolute Gasteiger partial charge is 0.242 e. The Labute approximate surface area is 103 Å². The maximum Gasteiger partial charge on any atom is 0.242 e. The molecular formula is C12H23N3O2. The minimum absolute atomic E-state index is 0.0906. The Morgan fingerprint density at radius 1 is 1.29 bits per heavy atom. The fourth-order valence-electron chi connectivity index (χ4n) is 1.55. The van der Waals surface area contributed by atoms with Crippen LogP contribution in [0.25, 0.3) is 0 Å². The van der Waals surface area contributed by atoms with E-state index in [1.807, 2.05) is 13.8 Å². The van der Waals surface area contributed by atoms with Gasteiger partial charge < -0.3 is 16.4 Å². The van der Waals surface area contributed by atoms with Crippen LogP contribution in [-0.2, 0) is 9.59 Å². The molecule has 0 radical (unpaired) electrons. The van der Waals surface area contributed by atoms with Crippen LogP contribution in [0.15, 0.2) is 0 Å². The molecule has 1 atom stereocenters. The molecule has 0 bridgehead atoms. The van der Waals surface area contributed by atoms with Crippen molar-refractivity contribution in [2.75, 3.05) is 13.1 Å². The summed E-state index contributed by atoms with van der Waals surface area (Å²) in [5, 5.41) is 5.52. The molecule has 2 amide bonds. The van der Waals surface area contributed by atoms with E-state index in [2.05, 4.69) is 10.6 Å².